The van der Waals surface area contributed by atoms with Crippen LogP contribution >= 0.6 is 11.3 Å². The van der Waals surface area contributed by atoms with Crippen molar-refractivity contribution < 1.29 is 9.18 Å². The third-order valence-electron chi connectivity index (χ3n) is 6.19. The van der Waals surface area contributed by atoms with Crippen molar-refractivity contribution in [3.63, 3.8) is 0 Å². The Balaban J connectivity index is 1.54. The van der Waals surface area contributed by atoms with Gasteiger partial charge in [-0.3, -0.25) is 4.79 Å². The predicted molar refractivity (Wildman–Crippen MR) is 111 cm³/mol. The van der Waals surface area contributed by atoms with Gasteiger partial charge in [-0.1, -0.05) is 18.9 Å². The highest BCUT2D eigenvalue weighted by Gasteiger charge is 2.43. The zero-order chi connectivity index (χ0) is 20.0. The lowest BCUT2D eigenvalue weighted by Gasteiger charge is -2.32. The first-order chi connectivity index (χ1) is 14.1. The van der Waals surface area contributed by atoms with E-state index in [-0.39, 0.29) is 23.6 Å². The monoisotopic (exact) mass is 410 g/mol. The molecule has 5 rings (SSSR count). The van der Waals surface area contributed by atoms with Crippen LogP contribution < -0.4 is 0 Å². The van der Waals surface area contributed by atoms with E-state index in [0.29, 0.717) is 23.5 Å². The van der Waals surface area contributed by atoms with Gasteiger partial charge in [-0.2, -0.15) is 0 Å². The number of likely N-dealkylation sites (tertiary alicyclic amines) is 1. The van der Waals surface area contributed by atoms with E-state index in [9.17, 15) is 9.18 Å². The Bertz CT molecular complexity index is 1010. The number of thiophene rings is 1. The number of amides is 1. The summed E-state index contributed by atoms with van der Waals surface area (Å²) in [4.78, 5) is 21.1. The number of carbonyl (C=O) groups is 1. The maximum absolute atomic E-state index is 13.5. The number of nitrogens with zero attached hydrogens (tertiary/aromatic N) is 4. The van der Waals surface area contributed by atoms with Gasteiger partial charge in [0.1, 0.15) is 5.82 Å². The van der Waals surface area contributed by atoms with Crippen LogP contribution in [0.4, 0.5) is 4.39 Å². The smallest absolute Gasteiger partial charge is 0.294 e. The minimum atomic E-state index is -0.308. The van der Waals surface area contributed by atoms with E-state index in [4.69, 9.17) is 0 Å². The molecule has 3 heterocycles. The van der Waals surface area contributed by atoms with E-state index in [1.165, 1.54) is 31.4 Å². The number of halogens is 1. The number of hydrogen-bond acceptors (Lipinski definition) is 4. The fraction of sp³-hybridized carbons (Fsp3) is 0.409. The summed E-state index contributed by atoms with van der Waals surface area (Å²) < 4.78 is 15.1. The molecule has 2 fully saturated rings. The second-order valence-electron chi connectivity index (χ2n) is 8.03. The fourth-order valence-corrected chi connectivity index (χ4v) is 5.60. The van der Waals surface area contributed by atoms with Crippen LogP contribution in [0.5, 0.6) is 0 Å². The lowest BCUT2D eigenvalue weighted by molar-refractivity contribution is 0.0621. The van der Waals surface area contributed by atoms with Gasteiger partial charge in [-0.05, 0) is 67.8 Å². The van der Waals surface area contributed by atoms with E-state index in [1.54, 1.807) is 28.2 Å². The summed E-state index contributed by atoms with van der Waals surface area (Å²) in [5, 5.41) is 6.55. The first kappa shape index (κ1) is 18.5. The molecule has 0 spiro atoms. The van der Waals surface area contributed by atoms with E-state index < -0.39 is 0 Å². The molecule has 1 aliphatic heterocycles. The molecule has 0 bridgehead atoms. The predicted octanol–water partition coefficient (Wildman–Crippen LogP) is 4.93. The SMILES string of the molecule is CC1CC2CCCCC2N1C(=O)c1nc(-c2cccs2)n(-c2ccc(F)cc2)n1. The number of rotatable bonds is 3. The molecule has 1 saturated carbocycles. The van der Waals surface area contributed by atoms with Gasteiger partial charge < -0.3 is 4.90 Å². The largest absolute Gasteiger partial charge is 0.330 e. The van der Waals surface area contributed by atoms with Crippen molar-refractivity contribution in [1.82, 2.24) is 19.7 Å². The van der Waals surface area contributed by atoms with Crippen molar-refractivity contribution >= 4 is 17.2 Å². The first-order valence-electron chi connectivity index (χ1n) is 10.2. The molecule has 0 N–H and O–H groups in total. The molecule has 1 aromatic carbocycles. The summed E-state index contributed by atoms with van der Waals surface area (Å²) in [7, 11) is 0. The average molecular weight is 411 g/mol. The first-order valence-corrected chi connectivity index (χ1v) is 11.1. The van der Waals surface area contributed by atoms with Crippen LogP contribution in [0, 0.1) is 11.7 Å². The molecule has 150 valence electrons. The molecule has 29 heavy (non-hydrogen) atoms. The molecule has 3 atom stereocenters. The van der Waals surface area contributed by atoms with Crippen molar-refractivity contribution in [2.75, 3.05) is 0 Å². The van der Waals surface area contributed by atoms with Crippen LogP contribution in [0.25, 0.3) is 16.4 Å². The summed E-state index contributed by atoms with van der Waals surface area (Å²) in [5.41, 5.74) is 0.686. The second kappa shape index (κ2) is 7.37. The number of carbonyl (C=O) groups excluding carboxylic acids is 1. The average Bonchev–Trinajstić information content (AvgIpc) is 3.45. The normalized spacial score (nSPS) is 23.9. The highest BCUT2D eigenvalue weighted by atomic mass is 32.1. The number of hydrogen-bond donors (Lipinski definition) is 0. The molecule has 3 unspecified atom stereocenters. The molecular formula is C22H23FN4OS. The zero-order valence-corrected chi connectivity index (χ0v) is 17.1. The van der Waals surface area contributed by atoms with Crippen LogP contribution in [0.1, 0.15) is 49.6 Å². The van der Waals surface area contributed by atoms with Crippen LogP contribution in [0.3, 0.4) is 0 Å². The maximum atomic E-state index is 13.5. The van der Waals surface area contributed by atoms with Gasteiger partial charge in [-0.25, -0.2) is 14.1 Å². The van der Waals surface area contributed by atoms with Crippen molar-refractivity contribution in [2.45, 2.75) is 51.1 Å². The van der Waals surface area contributed by atoms with Gasteiger partial charge in [0, 0.05) is 12.1 Å². The van der Waals surface area contributed by atoms with Gasteiger partial charge >= 0.3 is 0 Å². The third-order valence-corrected chi connectivity index (χ3v) is 7.06. The second-order valence-corrected chi connectivity index (χ2v) is 8.98. The van der Waals surface area contributed by atoms with Crippen LogP contribution in [0.15, 0.2) is 41.8 Å². The molecule has 2 aliphatic rings. The van der Waals surface area contributed by atoms with Crippen molar-refractivity contribution in [3.8, 4) is 16.4 Å². The number of benzene rings is 1. The number of fused-ring (bicyclic) bond motifs is 1. The molecule has 3 aromatic rings. The Morgan fingerprint density at radius 3 is 2.72 bits per heavy atom. The Kier molecular flexibility index (Phi) is 4.70. The summed E-state index contributed by atoms with van der Waals surface area (Å²) >= 11 is 1.54. The lowest BCUT2D eigenvalue weighted by Crippen LogP contribution is -2.42. The highest BCUT2D eigenvalue weighted by molar-refractivity contribution is 7.13. The van der Waals surface area contributed by atoms with Gasteiger partial charge in [0.25, 0.3) is 5.91 Å². The Labute approximate surface area is 173 Å². The van der Waals surface area contributed by atoms with E-state index >= 15 is 0 Å². The minimum absolute atomic E-state index is 0.0921. The topological polar surface area (TPSA) is 51.0 Å². The molecule has 1 aliphatic carbocycles. The van der Waals surface area contributed by atoms with E-state index in [2.05, 4.69) is 17.0 Å². The molecular weight excluding hydrogens is 387 g/mol. The molecule has 1 amide bonds. The van der Waals surface area contributed by atoms with Crippen molar-refractivity contribution in [3.05, 3.63) is 53.4 Å². The lowest BCUT2D eigenvalue weighted by atomic mass is 9.85. The summed E-state index contributed by atoms with van der Waals surface area (Å²) in [6, 6.07) is 10.5. The van der Waals surface area contributed by atoms with E-state index in [0.717, 1.165) is 17.7 Å². The molecule has 7 heteroatoms. The van der Waals surface area contributed by atoms with Crippen molar-refractivity contribution in [2.24, 2.45) is 5.92 Å². The highest BCUT2D eigenvalue weighted by Crippen LogP contribution is 2.40. The molecule has 5 nitrogen and oxygen atoms in total. The summed E-state index contributed by atoms with van der Waals surface area (Å²) in [6.07, 6.45) is 5.77. The van der Waals surface area contributed by atoms with E-state index in [1.807, 2.05) is 22.4 Å². The molecule has 0 radical (unpaired) electrons. The van der Waals surface area contributed by atoms with Crippen LogP contribution in [-0.4, -0.2) is 37.7 Å². The molecule has 2 aromatic heterocycles. The van der Waals surface area contributed by atoms with Crippen LogP contribution in [-0.2, 0) is 0 Å². The third kappa shape index (κ3) is 3.27. The summed E-state index contributed by atoms with van der Waals surface area (Å²) in [5.74, 6) is 1.03. The Morgan fingerprint density at radius 2 is 1.97 bits per heavy atom. The van der Waals surface area contributed by atoms with Gasteiger partial charge in [0.15, 0.2) is 5.82 Å². The van der Waals surface area contributed by atoms with Gasteiger partial charge in [-0.15, -0.1) is 16.4 Å². The standard InChI is InChI=1S/C22H23FN4OS/c1-14-13-15-5-2-3-6-18(15)26(14)22(28)20-24-21(19-7-4-12-29-19)27(25-20)17-10-8-16(23)9-11-17/h4,7-12,14-15,18H,2-3,5-6,13H2,1H3. The number of aromatic nitrogens is 3. The van der Waals surface area contributed by atoms with Gasteiger partial charge in [0.2, 0.25) is 5.82 Å². The maximum Gasteiger partial charge on any atom is 0.294 e. The quantitative estimate of drug-likeness (QED) is 0.615. The van der Waals surface area contributed by atoms with Crippen molar-refractivity contribution in [1.29, 1.82) is 0 Å². The fourth-order valence-electron chi connectivity index (χ4n) is 4.90. The summed E-state index contributed by atoms with van der Waals surface area (Å²) in [6.45, 7) is 2.13. The van der Waals surface area contributed by atoms with Gasteiger partial charge in [0.05, 0.1) is 10.6 Å². The van der Waals surface area contributed by atoms with Crippen LogP contribution in [0.2, 0.25) is 0 Å². The minimum Gasteiger partial charge on any atom is -0.330 e. The molecule has 1 saturated heterocycles. The Morgan fingerprint density at radius 1 is 1.17 bits per heavy atom. The zero-order valence-electron chi connectivity index (χ0n) is 16.3. The Hall–Kier alpha value is -2.54.